The summed E-state index contributed by atoms with van der Waals surface area (Å²) in [4.78, 5) is 9.70. The fourth-order valence-electron chi connectivity index (χ4n) is 7.55. The summed E-state index contributed by atoms with van der Waals surface area (Å²) in [6, 6.07) is 51.8. The number of nitrogens with zero attached hydrogens (tertiary/aromatic N) is 4. The summed E-state index contributed by atoms with van der Waals surface area (Å²) >= 11 is 0. The summed E-state index contributed by atoms with van der Waals surface area (Å²) in [5.41, 5.74) is 13.6. The van der Waals surface area contributed by atoms with E-state index in [2.05, 4.69) is 189 Å². The largest absolute Gasteiger partial charge is 0.457 e. The van der Waals surface area contributed by atoms with Gasteiger partial charge in [-0.2, -0.15) is 0 Å². The first-order valence-corrected chi connectivity index (χ1v) is 18.3. The second-order valence-electron chi connectivity index (χ2n) is 15.1. The van der Waals surface area contributed by atoms with Crippen LogP contribution in [-0.4, -0.2) is 16.2 Å². The number of aromatic nitrogens is 2. The molecule has 8 aromatic rings. The molecule has 3 heterocycles. The Morgan fingerprint density at radius 3 is 1.91 bits per heavy atom. The van der Waals surface area contributed by atoms with E-state index in [9.17, 15) is 0 Å². The number of aryl methyl sites for hydroxylation is 2. The zero-order chi connectivity index (χ0) is 36.3. The lowest BCUT2D eigenvalue weighted by Crippen LogP contribution is -2.24. The number of benzene rings is 6. The van der Waals surface area contributed by atoms with Crippen LogP contribution in [0.2, 0.25) is 0 Å². The topological polar surface area (TPSA) is 33.5 Å². The van der Waals surface area contributed by atoms with E-state index < -0.39 is 0 Å². The molecule has 2 aromatic heterocycles. The Morgan fingerprint density at radius 1 is 0.547 bits per heavy atom. The highest BCUT2D eigenvalue weighted by Gasteiger charge is 2.30. The third kappa shape index (κ3) is 5.88. The Labute approximate surface area is 311 Å². The molecule has 1 aliphatic heterocycles. The minimum absolute atomic E-state index is 0.106. The van der Waals surface area contributed by atoms with Gasteiger partial charge in [-0.15, -0.1) is 0 Å². The van der Waals surface area contributed by atoms with Gasteiger partial charge in [0.15, 0.2) is 0 Å². The number of pyridine rings is 1. The molecule has 0 N–H and O–H groups in total. The molecule has 5 heteroatoms. The fourth-order valence-corrected chi connectivity index (χ4v) is 7.55. The lowest BCUT2D eigenvalue weighted by atomic mass is 9.86. The summed E-state index contributed by atoms with van der Waals surface area (Å²) in [7, 11) is 0. The smallest absolute Gasteiger partial charge is 0.145 e. The highest BCUT2D eigenvalue weighted by Crippen LogP contribution is 2.47. The minimum Gasteiger partial charge on any atom is -0.457 e. The van der Waals surface area contributed by atoms with Crippen LogP contribution >= 0.6 is 0 Å². The van der Waals surface area contributed by atoms with E-state index in [4.69, 9.17) is 9.72 Å². The highest BCUT2D eigenvalue weighted by atomic mass is 16.5. The van der Waals surface area contributed by atoms with E-state index in [1.165, 1.54) is 39.1 Å². The maximum absolute atomic E-state index is 7.01. The molecule has 0 bridgehead atoms. The number of hydrogen-bond donors (Lipinski definition) is 0. The number of rotatable bonds is 6. The van der Waals surface area contributed by atoms with Crippen molar-refractivity contribution in [3.63, 3.8) is 0 Å². The van der Waals surface area contributed by atoms with Crippen molar-refractivity contribution in [1.29, 1.82) is 0 Å². The average Bonchev–Trinajstić information content (AvgIpc) is 3.71. The third-order valence-corrected chi connectivity index (χ3v) is 10.5. The first-order valence-electron chi connectivity index (χ1n) is 18.3. The van der Waals surface area contributed by atoms with E-state index in [0.29, 0.717) is 6.67 Å². The van der Waals surface area contributed by atoms with Crippen molar-refractivity contribution in [3.8, 4) is 28.3 Å². The maximum Gasteiger partial charge on any atom is 0.145 e. The highest BCUT2D eigenvalue weighted by molar-refractivity contribution is 6.07. The molecule has 1 aliphatic rings. The van der Waals surface area contributed by atoms with Crippen molar-refractivity contribution >= 4 is 44.7 Å². The summed E-state index contributed by atoms with van der Waals surface area (Å²) in [6.07, 6.45) is 1.87. The normalized spacial score (nSPS) is 12.8. The molecule has 0 radical (unpaired) electrons. The van der Waals surface area contributed by atoms with Gasteiger partial charge in [0.1, 0.15) is 23.8 Å². The Bertz CT molecular complexity index is 2580. The van der Waals surface area contributed by atoms with Crippen molar-refractivity contribution in [2.24, 2.45) is 0 Å². The summed E-state index contributed by atoms with van der Waals surface area (Å²) in [5, 5.41) is 2.30. The van der Waals surface area contributed by atoms with Crippen LogP contribution in [0.3, 0.4) is 0 Å². The van der Waals surface area contributed by atoms with Gasteiger partial charge in [-0.25, -0.2) is 4.98 Å². The van der Waals surface area contributed by atoms with Crippen molar-refractivity contribution in [3.05, 3.63) is 168 Å². The maximum atomic E-state index is 7.01. The summed E-state index contributed by atoms with van der Waals surface area (Å²) in [5.74, 6) is 1.56. The van der Waals surface area contributed by atoms with Gasteiger partial charge in [-0.1, -0.05) is 87.5 Å². The molecule has 0 saturated heterocycles. The molecule has 6 aromatic carbocycles. The zero-order valence-electron chi connectivity index (χ0n) is 30.8. The van der Waals surface area contributed by atoms with Crippen molar-refractivity contribution in [2.45, 2.75) is 40.0 Å². The van der Waals surface area contributed by atoms with Crippen LogP contribution in [0.4, 0.5) is 22.7 Å². The van der Waals surface area contributed by atoms with Gasteiger partial charge in [-0.3, -0.25) is 4.57 Å². The molecule has 9 rings (SSSR count). The lowest BCUT2D eigenvalue weighted by molar-refractivity contribution is 0.478. The van der Waals surface area contributed by atoms with Crippen molar-refractivity contribution < 1.29 is 4.74 Å². The van der Waals surface area contributed by atoms with Gasteiger partial charge in [0.2, 0.25) is 0 Å². The van der Waals surface area contributed by atoms with Crippen LogP contribution in [0.25, 0.3) is 38.8 Å². The molecular weight excluding hydrogens is 649 g/mol. The van der Waals surface area contributed by atoms with Crippen LogP contribution in [0.5, 0.6) is 11.5 Å². The second kappa shape index (κ2) is 12.7. The molecule has 0 unspecified atom stereocenters. The van der Waals surface area contributed by atoms with Crippen LogP contribution in [0, 0.1) is 13.8 Å². The molecule has 5 nitrogen and oxygen atoms in total. The van der Waals surface area contributed by atoms with E-state index in [-0.39, 0.29) is 5.41 Å². The predicted molar refractivity (Wildman–Crippen MR) is 221 cm³/mol. The number of ether oxygens (including phenoxy) is 1. The van der Waals surface area contributed by atoms with E-state index in [1.54, 1.807) is 0 Å². The standard InChI is InChI=1S/C48H42N4O/c1-32-23-45-46(24-33(32)2)51(31-50(45)37-17-10-7-11-18-37)38-27-36(48(3,4)5)28-41(29-38)53-40-26-35(34-15-8-6-9-16-34)25-39(30-40)52-44-21-13-12-19-42(44)43-20-14-22-49-47(43)52/h6-30H,31H2,1-5H3. The molecule has 0 fully saturated rings. The van der Waals surface area contributed by atoms with Crippen LogP contribution < -0.4 is 14.5 Å². The Balaban J connectivity index is 1.19. The van der Waals surface area contributed by atoms with Gasteiger partial charge in [0, 0.05) is 40.5 Å². The predicted octanol–water partition coefficient (Wildman–Crippen LogP) is 12.8. The molecule has 0 saturated carbocycles. The number of para-hydroxylation sites is 2. The monoisotopic (exact) mass is 690 g/mol. The zero-order valence-corrected chi connectivity index (χ0v) is 30.8. The number of fused-ring (bicyclic) bond motifs is 4. The Morgan fingerprint density at radius 2 is 1.17 bits per heavy atom. The molecule has 0 spiro atoms. The summed E-state index contributed by atoms with van der Waals surface area (Å²) < 4.78 is 9.26. The molecule has 0 aliphatic carbocycles. The van der Waals surface area contributed by atoms with Crippen LogP contribution in [0.1, 0.15) is 37.5 Å². The van der Waals surface area contributed by atoms with Gasteiger partial charge in [-0.05, 0) is 114 Å². The van der Waals surface area contributed by atoms with E-state index >= 15 is 0 Å². The lowest BCUT2D eigenvalue weighted by Gasteiger charge is -2.26. The average molecular weight is 691 g/mol. The molecule has 0 atom stereocenters. The summed E-state index contributed by atoms with van der Waals surface area (Å²) in [6.45, 7) is 11.9. The second-order valence-corrected chi connectivity index (χ2v) is 15.1. The number of anilines is 4. The molecular formula is C48H42N4O. The van der Waals surface area contributed by atoms with Crippen molar-refractivity contribution in [1.82, 2.24) is 9.55 Å². The van der Waals surface area contributed by atoms with Crippen molar-refractivity contribution in [2.75, 3.05) is 16.5 Å². The SMILES string of the molecule is Cc1cc2c(cc1C)N(c1cc(Oc3cc(-c4ccccc4)cc(-n4c5ccccc5c5cccnc54)c3)cc(C(C)(C)C)c1)CN2c1ccccc1. The molecule has 53 heavy (non-hydrogen) atoms. The van der Waals surface area contributed by atoms with Gasteiger partial charge >= 0.3 is 0 Å². The van der Waals surface area contributed by atoms with Gasteiger partial charge < -0.3 is 14.5 Å². The Kier molecular flexibility index (Phi) is 7.81. The Hall–Kier alpha value is -6.33. The van der Waals surface area contributed by atoms with Crippen LogP contribution in [0.15, 0.2) is 152 Å². The first-order chi connectivity index (χ1) is 25.7. The quantitative estimate of drug-likeness (QED) is 0.174. The molecule has 260 valence electrons. The number of hydrogen-bond acceptors (Lipinski definition) is 4. The first kappa shape index (κ1) is 32.6. The minimum atomic E-state index is -0.106. The van der Waals surface area contributed by atoms with Crippen LogP contribution in [-0.2, 0) is 5.41 Å². The van der Waals surface area contributed by atoms with E-state index in [0.717, 1.165) is 50.6 Å². The third-order valence-electron chi connectivity index (χ3n) is 10.5. The van der Waals surface area contributed by atoms with Gasteiger partial charge in [0.05, 0.1) is 22.6 Å². The van der Waals surface area contributed by atoms with E-state index in [1.807, 2.05) is 12.3 Å². The van der Waals surface area contributed by atoms with Gasteiger partial charge in [0.25, 0.3) is 0 Å². The fraction of sp³-hybridized carbons (Fsp3) is 0.146. The molecule has 0 amide bonds.